The van der Waals surface area contributed by atoms with Crippen LogP contribution in [-0.2, 0) is 22.6 Å². The number of benzene rings is 1. The van der Waals surface area contributed by atoms with Gasteiger partial charge < -0.3 is 19.7 Å². The minimum atomic E-state index is -0.0115. The molecule has 1 aromatic carbocycles. The summed E-state index contributed by atoms with van der Waals surface area (Å²) < 4.78 is 11.1. The van der Waals surface area contributed by atoms with Gasteiger partial charge in [-0.2, -0.15) is 0 Å². The average molecular weight is 347 g/mol. The summed E-state index contributed by atoms with van der Waals surface area (Å²) in [6.45, 7) is 10.3. The minimum absolute atomic E-state index is 0.0115. The van der Waals surface area contributed by atoms with Gasteiger partial charge in [0.2, 0.25) is 0 Å². The van der Waals surface area contributed by atoms with E-state index in [1.807, 2.05) is 11.8 Å². The van der Waals surface area contributed by atoms with Crippen LogP contribution in [0.1, 0.15) is 25.0 Å². The monoisotopic (exact) mass is 347 g/mol. The van der Waals surface area contributed by atoms with Gasteiger partial charge in [-0.05, 0) is 25.0 Å². The van der Waals surface area contributed by atoms with Gasteiger partial charge in [-0.25, -0.2) is 4.79 Å². The Morgan fingerprint density at radius 2 is 1.84 bits per heavy atom. The van der Waals surface area contributed by atoms with Gasteiger partial charge in [0.05, 0.1) is 25.4 Å². The summed E-state index contributed by atoms with van der Waals surface area (Å²) in [6.07, 6.45) is 0.408. The number of carbonyl (C=O) groups excluding carboxylic acids is 1. The lowest BCUT2D eigenvalue weighted by Crippen LogP contribution is -2.48. The number of carbonyl (C=O) groups is 1. The molecule has 2 saturated heterocycles. The van der Waals surface area contributed by atoms with E-state index < -0.39 is 0 Å². The van der Waals surface area contributed by atoms with Gasteiger partial charge in [0.25, 0.3) is 0 Å². The first-order valence-electron chi connectivity index (χ1n) is 9.16. The Bertz CT molecular complexity index is 581. The van der Waals surface area contributed by atoms with Crippen molar-refractivity contribution in [1.29, 1.82) is 0 Å². The summed E-state index contributed by atoms with van der Waals surface area (Å²) in [5.74, 6) is 0. The molecule has 2 aliphatic rings. The van der Waals surface area contributed by atoms with Crippen molar-refractivity contribution in [3.05, 3.63) is 35.4 Å². The largest absolute Gasteiger partial charge is 0.376 e. The van der Waals surface area contributed by atoms with Crippen LogP contribution in [0, 0.1) is 0 Å². The van der Waals surface area contributed by atoms with E-state index in [0.29, 0.717) is 32.3 Å². The predicted octanol–water partition coefficient (Wildman–Crippen LogP) is 1.84. The minimum Gasteiger partial charge on any atom is -0.376 e. The molecule has 2 atom stereocenters. The molecule has 0 saturated carbocycles. The molecule has 6 nitrogen and oxygen atoms in total. The zero-order chi connectivity index (χ0) is 17.6. The van der Waals surface area contributed by atoms with Gasteiger partial charge in [0.1, 0.15) is 0 Å². The van der Waals surface area contributed by atoms with Crippen LogP contribution in [0.2, 0.25) is 0 Å². The van der Waals surface area contributed by atoms with E-state index in [1.165, 1.54) is 5.56 Å². The smallest absolute Gasteiger partial charge is 0.317 e. The molecule has 2 amide bonds. The fourth-order valence-electron chi connectivity index (χ4n) is 3.42. The Hall–Kier alpha value is -1.63. The number of hydrogen-bond acceptors (Lipinski definition) is 4. The molecule has 25 heavy (non-hydrogen) atoms. The summed E-state index contributed by atoms with van der Waals surface area (Å²) in [4.78, 5) is 16.5. The number of nitrogens with one attached hydrogen (secondary N) is 1. The van der Waals surface area contributed by atoms with E-state index >= 15 is 0 Å². The van der Waals surface area contributed by atoms with Crippen molar-refractivity contribution in [3.63, 3.8) is 0 Å². The molecule has 0 aliphatic carbocycles. The van der Waals surface area contributed by atoms with E-state index in [4.69, 9.17) is 9.47 Å². The number of nitrogens with zero attached hydrogens (tertiary/aromatic N) is 2. The molecule has 0 bridgehead atoms. The third-order valence-corrected chi connectivity index (χ3v) is 4.69. The zero-order valence-electron chi connectivity index (χ0n) is 15.2. The fraction of sp³-hybridized carbons (Fsp3) is 0.632. The lowest BCUT2D eigenvalue weighted by molar-refractivity contribution is -0.0212. The molecule has 3 rings (SSSR count). The predicted molar refractivity (Wildman–Crippen MR) is 96.4 cm³/mol. The van der Waals surface area contributed by atoms with Gasteiger partial charge in [0, 0.05) is 39.3 Å². The maximum Gasteiger partial charge on any atom is 0.317 e. The molecule has 2 heterocycles. The zero-order valence-corrected chi connectivity index (χ0v) is 15.2. The number of amides is 2. The highest BCUT2D eigenvalue weighted by molar-refractivity contribution is 5.74. The Morgan fingerprint density at radius 3 is 2.60 bits per heavy atom. The molecule has 2 fully saturated rings. The standard InChI is InChI=1S/C19H29N3O3/c1-15-12-21(6-8-24-15)14-18-5-3-4-17(10-18)11-20-19(23)22-7-9-25-16(2)13-22/h3-5,10,15-16H,6-9,11-14H2,1-2H3,(H,20,23)/t15-,16-/m0/s1. The molecule has 138 valence electrons. The van der Waals surface area contributed by atoms with Crippen molar-refractivity contribution >= 4 is 6.03 Å². The van der Waals surface area contributed by atoms with Crippen molar-refractivity contribution in [2.45, 2.75) is 39.1 Å². The molecule has 1 N–H and O–H groups in total. The first kappa shape index (κ1) is 18.2. The van der Waals surface area contributed by atoms with Gasteiger partial charge >= 0.3 is 6.03 Å². The highest BCUT2D eigenvalue weighted by Gasteiger charge is 2.21. The van der Waals surface area contributed by atoms with Crippen LogP contribution in [0.25, 0.3) is 0 Å². The topological polar surface area (TPSA) is 54.0 Å². The van der Waals surface area contributed by atoms with E-state index in [2.05, 4.69) is 41.4 Å². The SMILES string of the molecule is C[C@H]1CN(Cc2cccc(CNC(=O)N3CCO[C@@H](C)C3)c2)CCO1. The Labute approximate surface area is 150 Å². The summed E-state index contributed by atoms with van der Waals surface area (Å²) in [7, 11) is 0. The van der Waals surface area contributed by atoms with E-state index in [-0.39, 0.29) is 12.1 Å². The van der Waals surface area contributed by atoms with E-state index in [1.54, 1.807) is 0 Å². The molecular formula is C19H29N3O3. The Kier molecular flexibility index (Phi) is 6.29. The highest BCUT2D eigenvalue weighted by atomic mass is 16.5. The number of urea groups is 1. The lowest BCUT2D eigenvalue weighted by atomic mass is 10.1. The van der Waals surface area contributed by atoms with Crippen LogP contribution in [-0.4, -0.2) is 67.4 Å². The summed E-state index contributed by atoms with van der Waals surface area (Å²) in [6, 6.07) is 8.45. The van der Waals surface area contributed by atoms with Crippen LogP contribution in [0.5, 0.6) is 0 Å². The molecule has 1 aromatic rings. The van der Waals surface area contributed by atoms with Crippen molar-refractivity contribution in [2.24, 2.45) is 0 Å². The third-order valence-electron chi connectivity index (χ3n) is 4.69. The van der Waals surface area contributed by atoms with Gasteiger partial charge in [-0.3, -0.25) is 4.90 Å². The first-order valence-corrected chi connectivity index (χ1v) is 9.16. The van der Waals surface area contributed by atoms with Crippen LogP contribution in [0.3, 0.4) is 0 Å². The summed E-state index contributed by atoms with van der Waals surface area (Å²) >= 11 is 0. The number of ether oxygens (including phenoxy) is 2. The van der Waals surface area contributed by atoms with Crippen molar-refractivity contribution in [1.82, 2.24) is 15.1 Å². The normalized spacial score (nSPS) is 25.0. The van der Waals surface area contributed by atoms with Crippen molar-refractivity contribution < 1.29 is 14.3 Å². The molecule has 0 radical (unpaired) electrons. The number of morpholine rings is 2. The van der Waals surface area contributed by atoms with Crippen LogP contribution in [0.15, 0.2) is 24.3 Å². The van der Waals surface area contributed by atoms with Crippen LogP contribution in [0.4, 0.5) is 4.79 Å². The lowest BCUT2D eigenvalue weighted by Gasteiger charge is -2.31. The molecule has 0 spiro atoms. The third kappa shape index (κ3) is 5.42. The summed E-state index contributed by atoms with van der Waals surface area (Å²) in [5, 5.41) is 3.02. The highest BCUT2D eigenvalue weighted by Crippen LogP contribution is 2.12. The number of rotatable bonds is 4. The van der Waals surface area contributed by atoms with Crippen molar-refractivity contribution in [2.75, 3.05) is 39.4 Å². The van der Waals surface area contributed by atoms with E-state index in [0.717, 1.165) is 31.8 Å². The second-order valence-corrected chi connectivity index (χ2v) is 7.02. The maximum absolute atomic E-state index is 12.3. The second kappa shape index (κ2) is 8.65. The van der Waals surface area contributed by atoms with Gasteiger partial charge in [0.15, 0.2) is 0 Å². The molecule has 0 unspecified atom stereocenters. The molecule has 2 aliphatic heterocycles. The average Bonchev–Trinajstić information content (AvgIpc) is 2.60. The Balaban J connectivity index is 1.50. The van der Waals surface area contributed by atoms with Crippen LogP contribution >= 0.6 is 0 Å². The maximum atomic E-state index is 12.3. The Morgan fingerprint density at radius 1 is 1.12 bits per heavy atom. The fourth-order valence-corrected chi connectivity index (χ4v) is 3.42. The van der Waals surface area contributed by atoms with Crippen LogP contribution < -0.4 is 5.32 Å². The quantitative estimate of drug-likeness (QED) is 0.903. The first-order chi connectivity index (χ1) is 12.1. The van der Waals surface area contributed by atoms with E-state index in [9.17, 15) is 4.79 Å². The second-order valence-electron chi connectivity index (χ2n) is 7.02. The number of hydrogen-bond donors (Lipinski definition) is 1. The summed E-state index contributed by atoms with van der Waals surface area (Å²) in [5.41, 5.74) is 2.41. The molecule has 0 aromatic heterocycles. The van der Waals surface area contributed by atoms with Gasteiger partial charge in [-0.15, -0.1) is 0 Å². The van der Waals surface area contributed by atoms with Gasteiger partial charge in [-0.1, -0.05) is 24.3 Å². The molecule has 6 heteroatoms. The molecular weight excluding hydrogens is 318 g/mol. The van der Waals surface area contributed by atoms with Crippen molar-refractivity contribution in [3.8, 4) is 0 Å².